The maximum absolute atomic E-state index is 9.94. The molecule has 1 aliphatic rings. The molecule has 3 nitrogen and oxygen atoms in total. The third-order valence-electron chi connectivity index (χ3n) is 4.29. The maximum Gasteiger partial charge on any atom is 0.0898 e. The van der Waals surface area contributed by atoms with Crippen LogP contribution in [0.25, 0.3) is 0 Å². The van der Waals surface area contributed by atoms with Crippen LogP contribution in [-0.4, -0.2) is 36.0 Å². The van der Waals surface area contributed by atoms with Gasteiger partial charge in [-0.2, -0.15) is 0 Å². The van der Waals surface area contributed by atoms with Crippen molar-refractivity contribution < 1.29 is 9.84 Å². The van der Waals surface area contributed by atoms with Gasteiger partial charge in [-0.05, 0) is 57.8 Å². The Kier molecular flexibility index (Phi) is 6.49. The lowest BCUT2D eigenvalue weighted by atomic mass is 9.72. The molecule has 0 radical (unpaired) electrons. The first kappa shape index (κ1) is 17.9. The van der Waals surface area contributed by atoms with E-state index in [0.717, 1.165) is 18.8 Å². The first-order valence-corrected chi connectivity index (χ1v) is 8.12. The van der Waals surface area contributed by atoms with Crippen LogP contribution in [-0.2, 0) is 4.74 Å². The van der Waals surface area contributed by atoms with Crippen LogP contribution >= 0.6 is 0 Å². The van der Waals surface area contributed by atoms with Crippen molar-refractivity contribution in [3.05, 3.63) is 0 Å². The fourth-order valence-corrected chi connectivity index (χ4v) is 2.83. The first-order chi connectivity index (χ1) is 9.08. The van der Waals surface area contributed by atoms with Crippen molar-refractivity contribution >= 4 is 0 Å². The van der Waals surface area contributed by atoms with E-state index in [1.54, 1.807) is 0 Å². The summed E-state index contributed by atoms with van der Waals surface area (Å²) >= 11 is 0. The lowest BCUT2D eigenvalue weighted by Gasteiger charge is -2.37. The highest BCUT2D eigenvalue weighted by atomic mass is 16.5. The molecular weight excluding hydrogens is 250 g/mol. The molecule has 0 bridgehead atoms. The molecule has 20 heavy (non-hydrogen) atoms. The standard InChI is InChI=1S/C17H35NO2/c1-16(2,3)13-7-9-15(10-8-13)20-12-14(19)11-18-17(4,5)6/h13-15,18-19H,7-12H2,1-6H3/t13?,14-,15?/m0/s1. The Bertz CT molecular complexity index is 270. The zero-order chi connectivity index (χ0) is 15.4. The predicted molar refractivity (Wildman–Crippen MR) is 84.9 cm³/mol. The number of aliphatic hydroxyl groups is 1. The number of ether oxygens (including phenoxy) is 1. The first-order valence-electron chi connectivity index (χ1n) is 8.12. The fraction of sp³-hybridized carbons (Fsp3) is 1.00. The molecule has 0 heterocycles. The van der Waals surface area contributed by atoms with E-state index >= 15 is 0 Å². The van der Waals surface area contributed by atoms with Crippen molar-refractivity contribution in [2.24, 2.45) is 11.3 Å². The molecular formula is C17H35NO2. The van der Waals surface area contributed by atoms with Crippen LogP contribution in [0.4, 0.5) is 0 Å². The summed E-state index contributed by atoms with van der Waals surface area (Å²) < 4.78 is 5.88. The molecule has 0 aromatic heterocycles. The summed E-state index contributed by atoms with van der Waals surface area (Å²) in [6.45, 7) is 14.4. The van der Waals surface area contributed by atoms with E-state index in [2.05, 4.69) is 46.9 Å². The average Bonchev–Trinajstić information content (AvgIpc) is 2.32. The second-order valence-corrected chi connectivity index (χ2v) is 8.46. The predicted octanol–water partition coefficient (Wildman–Crippen LogP) is 3.36. The van der Waals surface area contributed by atoms with E-state index in [4.69, 9.17) is 4.74 Å². The molecule has 1 atom stereocenters. The molecule has 0 amide bonds. The van der Waals surface area contributed by atoms with E-state index in [-0.39, 0.29) is 5.54 Å². The number of aliphatic hydroxyl groups excluding tert-OH is 1. The average molecular weight is 285 g/mol. The zero-order valence-corrected chi connectivity index (χ0v) is 14.3. The van der Waals surface area contributed by atoms with Crippen molar-refractivity contribution in [2.75, 3.05) is 13.2 Å². The molecule has 0 saturated heterocycles. The molecule has 120 valence electrons. The highest BCUT2D eigenvalue weighted by Gasteiger charge is 2.30. The van der Waals surface area contributed by atoms with Crippen LogP contribution in [0.1, 0.15) is 67.2 Å². The molecule has 0 spiro atoms. The smallest absolute Gasteiger partial charge is 0.0898 e. The van der Waals surface area contributed by atoms with E-state index in [0.29, 0.717) is 24.7 Å². The summed E-state index contributed by atoms with van der Waals surface area (Å²) in [4.78, 5) is 0. The number of hydrogen-bond acceptors (Lipinski definition) is 3. The zero-order valence-electron chi connectivity index (χ0n) is 14.3. The molecule has 1 saturated carbocycles. The van der Waals surface area contributed by atoms with Gasteiger partial charge in [-0.15, -0.1) is 0 Å². The van der Waals surface area contributed by atoms with E-state index in [9.17, 15) is 5.11 Å². The third-order valence-corrected chi connectivity index (χ3v) is 4.29. The van der Waals surface area contributed by atoms with Crippen molar-refractivity contribution in [1.29, 1.82) is 0 Å². The monoisotopic (exact) mass is 285 g/mol. The topological polar surface area (TPSA) is 41.5 Å². The van der Waals surface area contributed by atoms with Gasteiger partial charge in [0, 0.05) is 12.1 Å². The minimum absolute atomic E-state index is 0.0474. The van der Waals surface area contributed by atoms with Crippen molar-refractivity contribution in [1.82, 2.24) is 5.32 Å². The highest BCUT2D eigenvalue weighted by molar-refractivity contribution is 4.81. The molecule has 1 fully saturated rings. The highest BCUT2D eigenvalue weighted by Crippen LogP contribution is 2.38. The molecule has 0 unspecified atom stereocenters. The van der Waals surface area contributed by atoms with Crippen LogP contribution in [0.3, 0.4) is 0 Å². The van der Waals surface area contributed by atoms with Crippen LogP contribution in [0, 0.1) is 11.3 Å². The summed E-state index contributed by atoms with van der Waals surface area (Å²) in [7, 11) is 0. The Hall–Kier alpha value is -0.120. The van der Waals surface area contributed by atoms with E-state index in [1.807, 2.05) is 0 Å². The summed E-state index contributed by atoms with van der Waals surface area (Å²) in [6.07, 6.45) is 4.73. The summed E-state index contributed by atoms with van der Waals surface area (Å²) in [5.74, 6) is 0.815. The number of β-amino-alcohol motifs (C(OH)–C–C–N with tert-alkyl or cyclic N) is 1. The van der Waals surface area contributed by atoms with Gasteiger partial charge in [0.2, 0.25) is 0 Å². The normalized spacial score (nSPS) is 26.6. The molecule has 0 aromatic carbocycles. The third kappa shape index (κ3) is 7.05. The summed E-state index contributed by atoms with van der Waals surface area (Å²) in [5.41, 5.74) is 0.465. The largest absolute Gasteiger partial charge is 0.389 e. The van der Waals surface area contributed by atoms with Crippen molar-refractivity contribution in [3.8, 4) is 0 Å². The van der Waals surface area contributed by atoms with Crippen LogP contribution in [0.15, 0.2) is 0 Å². The van der Waals surface area contributed by atoms with Gasteiger partial charge in [-0.1, -0.05) is 20.8 Å². The number of rotatable bonds is 5. The lowest BCUT2D eigenvalue weighted by Crippen LogP contribution is -2.42. The Balaban J connectivity index is 2.18. The Morgan fingerprint density at radius 2 is 1.60 bits per heavy atom. The minimum Gasteiger partial charge on any atom is -0.389 e. The minimum atomic E-state index is -0.408. The second kappa shape index (κ2) is 7.24. The van der Waals surface area contributed by atoms with Gasteiger partial charge in [-0.3, -0.25) is 0 Å². The molecule has 3 heteroatoms. The Labute approximate surface area is 125 Å². The van der Waals surface area contributed by atoms with Gasteiger partial charge in [0.15, 0.2) is 0 Å². The van der Waals surface area contributed by atoms with E-state index in [1.165, 1.54) is 12.8 Å². The van der Waals surface area contributed by atoms with Gasteiger partial charge in [0.1, 0.15) is 0 Å². The summed E-state index contributed by atoms with van der Waals surface area (Å²) in [6, 6.07) is 0. The second-order valence-electron chi connectivity index (χ2n) is 8.46. The lowest BCUT2D eigenvalue weighted by molar-refractivity contribution is -0.0371. The van der Waals surface area contributed by atoms with Crippen LogP contribution < -0.4 is 5.32 Å². The number of hydrogen-bond donors (Lipinski definition) is 2. The van der Waals surface area contributed by atoms with E-state index < -0.39 is 6.10 Å². The molecule has 1 aliphatic carbocycles. The molecule has 1 rings (SSSR count). The Morgan fingerprint density at radius 1 is 1.05 bits per heavy atom. The SMILES string of the molecule is CC(C)(C)NC[C@H](O)COC1CCC(C(C)(C)C)CC1. The van der Waals surface area contributed by atoms with Gasteiger partial charge in [0.25, 0.3) is 0 Å². The molecule has 2 N–H and O–H groups in total. The van der Waals surface area contributed by atoms with Crippen molar-refractivity contribution in [3.63, 3.8) is 0 Å². The maximum atomic E-state index is 9.94. The Morgan fingerprint density at radius 3 is 2.05 bits per heavy atom. The fourth-order valence-electron chi connectivity index (χ4n) is 2.83. The molecule has 0 aromatic rings. The van der Waals surface area contributed by atoms with Crippen LogP contribution in [0.5, 0.6) is 0 Å². The van der Waals surface area contributed by atoms with Crippen LogP contribution in [0.2, 0.25) is 0 Å². The number of nitrogens with one attached hydrogen (secondary N) is 1. The van der Waals surface area contributed by atoms with Crippen molar-refractivity contribution in [2.45, 2.75) is 85.0 Å². The van der Waals surface area contributed by atoms with Gasteiger partial charge < -0.3 is 15.2 Å². The van der Waals surface area contributed by atoms with Gasteiger partial charge in [-0.25, -0.2) is 0 Å². The quantitative estimate of drug-likeness (QED) is 0.814. The molecule has 0 aliphatic heterocycles. The summed E-state index contributed by atoms with van der Waals surface area (Å²) in [5, 5.41) is 13.2. The van der Waals surface area contributed by atoms with Gasteiger partial charge >= 0.3 is 0 Å². The van der Waals surface area contributed by atoms with Gasteiger partial charge in [0.05, 0.1) is 18.8 Å².